The maximum atomic E-state index is 12.3. The minimum Gasteiger partial charge on any atom is -0.497 e. The molecular formula is C16H19NO5. The van der Waals surface area contributed by atoms with Crippen LogP contribution in [0.2, 0.25) is 0 Å². The van der Waals surface area contributed by atoms with Crippen molar-refractivity contribution >= 4 is 18.0 Å². The fraction of sp³-hybridized carbons (Fsp3) is 0.375. The molecule has 0 atom stereocenters. The molecule has 6 heteroatoms. The molecule has 1 aliphatic rings. The molecule has 0 fully saturated rings. The van der Waals surface area contributed by atoms with Gasteiger partial charge < -0.3 is 19.5 Å². The molecule has 0 bridgehead atoms. The third-order valence-electron chi connectivity index (χ3n) is 3.44. The second kappa shape index (κ2) is 6.98. The molecule has 0 saturated carbocycles. The number of aliphatic carboxylic acids is 1. The molecule has 0 unspecified atom stereocenters. The van der Waals surface area contributed by atoms with Crippen LogP contribution < -0.4 is 9.47 Å². The molecule has 22 heavy (non-hydrogen) atoms. The van der Waals surface area contributed by atoms with E-state index in [0.29, 0.717) is 30.0 Å². The Balaban J connectivity index is 2.06. The first-order valence-corrected chi connectivity index (χ1v) is 7.00. The van der Waals surface area contributed by atoms with E-state index in [4.69, 9.17) is 14.6 Å². The monoisotopic (exact) mass is 305 g/mol. The average molecular weight is 305 g/mol. The van der Waals surface area contributed by atoms with Crippen molar-refractivity contribution in [3.8, 4) is 11.5 Å². The molecule has 1 aliphatic heterocycles. The van der Waals surface area contributed by atoms with Crippen LogP contribution in [0, 0.1) is 0 Å². The Morgan fingerprint density at radius 3 is 2.86 bits per heavy atom. The molecular weight excluding hydrogens is 286 g/mol. The fourth-order valence-corrected chi connectivity index (χ4v) is 2.22. The molecule has 0 radical (unpaired) electrons. The molecule has 1 N–H and O–H groups in total. The van der Waals surface area contributed by atoms with Gasteiger partial charge in [-0.2, -0.15) is 0 Å². The van der Waals surface area contributed by atoms with Crippen LogP contribution in [-0.4, -0.2) is 49.2 Å². The van der Waals surface area contributed by atoms with Gasteiger partial charge in [0.05, 0.1) is 12.7 Å². The number of fused-ring (bicyclic) bond motifs is 1. The number of hydrogen-bond donors (Lipinski definition) is 1. The number of likely N-dealkylation sites (N-methyl/N-ethyl adjacent to an activating group) is 1. The van der Waals surface area contributed by atoms with Crippen LogP contribution in [0.3, 0.4) is 0 Å². The van der Waals surface area contributed by atoms with Gasteiger partial charge >= 0.3 is 5.97 Å². The maximum Gasteiger partial charge on any atom is 0.303 e. The van der Waals surface area contributed by atoms with E-state index in [1.165, 1.54) is 4.90 Å². The van der Waals surface area contributed by atoms with Gasteiger partial charge in [-0.05, 0) is 30.7 Å². The average Bonchev–Trinajstić information content (AvgIpc) is 2.52. The summed E-state index contributed by atoms with van der Waals surface area (Å²) in [7, 11) is 3.24. The number of rotatable bonds is 6. The Bertz CT molecular complexity index is 609. The molecule has 1 aromatic carbocycles. The summed E-state index contributed by atoms with van der Waals surface area (Å²) >= 11 is 0. The summed E-state index contributed by atoms with van der Waals surface area (Å²) in [6, 6.07) is 5.42. The number of carbonyl (C=O) groups is 2. The minimum atomic E-state index is -0.859. The summed E-state index contributed by atoms with van der Waals surface area (Å²) in [5, 5.41) is 8.63. The Morgan fingerprint density at radius 2 is 2.18 bits per heavy atom. The fourth-order valence-electron chi connectivity index (χ4n) is 2.22. The van der Waals surface area contributed by atoms with Crippen molar-refractivity contribution in [1.29, 1.82) is 0 Å². The maximum absolute atomic E-state index is 12.3. The Morgan fingerprint density at radius 1 is 1.41 bits per heavy atom. The van der Waals surface area contributed by atoms with E-state index >= 15 is 0 Å². The Labute approximate surface area is 128 Å². The first-order chi connectivity index (χ1) is 10.5. The standard InChI is InChI=1S/C16H19NO5/c1-17(7-3-4-15(18)19)16(20)12-8-11-9-13(21-2)5-6-14(11)22-10-12/h5-6,8-9H,3-4,7,10H2,1-2H3,(H,18,19). The third kappa shape index (κ3) is 3.78. The highest BCUT2D eigenvalue weighted by atomic mass is 16.5. The van der Waals surface area contributed by atoms with Crippen LogP contribution in [0.25, 0.3) is 6.08 Å². The predicted molar refractivity (Wildman–Crippen MR) is 81.0 cm³/mol. The van der Waals surface area contributed by atoms with Gasteiger partial charge in [0.1, 0.15) is 18.1 Å². The van der Waals surface area contributed by atoms with Gasteiger partial charge in [-0.3, -0.25) is 9.59 Å². The second-order valence-corrected chi connectivity index (χ2v) is 5.09. The smallest absolute Gasteiger partial charge is 0.303 e. The first-order valence-electron chi connectivity index (χ1n) is 7.00. The van der Waals surface area contributed by atoms with Crippen molar-refractivity contribution < 1.29 is 24.2 Å². The number of hydrogen-bond acceptors (Lipinski definition) is 4. The van der Waals surface area contributed by atoms with Gasteiger partial charge in [0.2, 0.25) is 0 Å². The normalized spacial score (nSPS) is 12.7. The Kier molecular flexibility index (Phi) is 5.04. The predicted octanol–water partition coefficient (Wildman–Crippen LogP) is 1.79. The first kappa shape index (κ1) is 15.9. The molecule has 0 aliphatic carbocycles. The van der Waals surface area contributed by atoms with Crippen molar-refractivity contribution in [2.24, 2.45) is 0 Å². The van der Waals surface area contributed by atoms with E-state index in [1.807, 2.05) is 12.1 Å². The molecule has 1 amide bonds. The number of amides is 1. The lowest BCUT2D eigenvalue weighted by atomic mass is 10.1. The lowest BCUT2D eigenvalue weighted by Crippen LogP contribution is -2.32. The van der Waals surface area contributed by atoms with Crippen molar-refractivity contribution in [3.05, 3.63) is 29.3 Å². The van der Waals surface area contributed by atoms with E-state index in [9.17, 15) is 9.59 Å². The number of methoxy groups -OCH3 is 1. The topological polar surface area (TPSA) is 76.1 Å². The number of benzene rings is 1. The van der Waals surface area contributed by atoms with Crippen molar-refractivity contribution in [1.82, 2.24) is 4.90 Å². The largest absolute Gasteiger partial charge is 0.497 e. The highest BCUT2D eigenvalue weighted by Crippen LogP contribution is 2.30. The highest BCUT2D eigenvalue weighted by molar-refractivity contribution is 5.99. The molecule has 0 spiro atoms. The molecule has 1 aromatic rings. The molecule has 0 aromatic heterocycles. The lowest BCUT2D eigenvalue weighted by molar-refractivity contribution is -0.137. The van der Waals surface area contributed by atoms with Crippen molar-refractivity contribution in [3.63, 3.8) is 0 Å². The third-order valence-corrected chi connectivity index (χ3v) is 3.44. The van der Waals surface area contributed by atoms with Crippen LogP contribution in [0.5, 0.6) is 11.5 Å². The van der Waals surface area contributed by atoms with Crippen LogP contribution in [0.1, 0.15) is 18.4 Å². The van der Waals surface area contributed by atoms with Crippen LogP contribution in [-0.2, 0) is 9.59 Å². The number of carbonyl (C=O) groups excluding carboxylic acids is 1. The lowest BCUT2D eigenvalue weighted by Gasteiger charge is -2.22. The van der Waals surface area contributed by atoms with Crippen LogP contribution >= 0.6 is 0 Å². The molecule has 118 valence electrons. The quantitative estimate of drug-likeness (QED) is 0.867. The van der Waals surface area contributed by atoms with E-state index in [0.717, 1.165) is 5.56 Å². The SMILES string of the molecule is COc1ccc2c(c1)C=C(C(=O)N(C)CCCC(=O)O)CO2. The number of carboxylic acid groups (broad SMARTS) is 1. The summed E-state index contributed by atoms with van der Waals surface area (Å²) in [5.74, 6) is 0.397. The van der Waals surface area contributed by atoms with Gasteiger partial charge in [0, 0.05) is 25.6 Å². The zero-order valence-corrected chi connectivity index (χ0v) is 12.7. The number of nitrogens with zero attached hydrogens (tertiary/aromatic N) is 1. The van der Waals surface area contributed by atoms with Gasteiger partial charge in [-0.15, -0.1) is 0 Å². The van der Waals surface area contributed by atoms with E-state index < -0.39 is 5.97 Å². The summed E-state index contributed by atoms with van der Waals surface area (Å²) < 4.78 is 10.7. The number of carboxylic acids is 1. The van der Waals surface area contributed by atoms with Crippen LogP contribution in [0.4, 0.5) is 0 Å². The van der Waals surface area contributed by atoms with E-state index in [2.05, 4.69) is 0 Å². The molecule has 0 saturated heterocycles. The van der Waals surface area contributed by atoms with Gasteiger partial charge in [0.25, 0.3) is 5.91 Å². The van der Waals surface area contributed by atoms with Gasteiger partial charge in [-0.1, -0.05) is 0 Å². The van der Waals surface area contributed by atoms with Crippen molar-refractivity contribution in [2.75, 3.05) is 27.3 Å². The zero-order chi connectivity index (χ0) is 16.1. The summed E-state index contributed by atoms with van der Waals surface area (Å²) in [4.78, 5) is 24.4. The Hall–Kier alpha value is -2.50. The van der Waals surface area contributed by atoms with E-state index in [-0.39, 0.29) is 18.9 Å². The van der Waals surface area contributed by atoms with Crippen LogP contribution in [0.15, 0.2) is 23.8 Å². The number of ether oxygens (including phenoxy) is 2. The molecule has 2 rings (SSSR count). The summed E-state index contributed by atoms with van der Waals surface area (Å²) in [6.45, 7) is 0.606. The van der Waals surface area contributed by atoms with Gasteiger partial charge in [-0.25, -0.2) is 0 Å². The molecule has 1 heterocycles. The van der Waals surface area contributed by atoms with Crippen molar-refractivity contribution in [2.45, 2.75) is 12.8 Å². The summed E-state index contributed by atoms with van der Waals surface area (Å²) in [6.07, 6.45) is 2.26. The minimum absolute atomic E-state index is 0.0488. The second-order valence-electron chi connectivity index (χ2n) is 5.09. The van der Waals surface area contributed by atoms with Gasteiger partial charge in [0.15, 0.2) is 0 Å². The summed E-state index contributed by atoms with van der Waals surface area (Å²) in [5.41, 5.74) is 1.34. The van der Waals surface area contributed by atoms with E-state index in [1.54, 1.807) is 26.3 Å². The zero-order valence-electron chi connectivity index (χ0n) is 12.7. The molecule has 6 nitrogen and oxygen atoms in total. The highest BCUT2D eigenvalue weighted by Gasteiger charge is 2.20.